The number of carbonyl (C=O) groups excluding carboxylic acids is 2. The van der Waals surface area contributed by atoms with Crippen molar-refractivity contribution in [2.24, 2.45) is 0 Å². The molecule has 2 rings (SSSR count). The fourth-order valence-electron chi connectivity index (χ4n) is 2.17. The Morgan fingerprint density at radius 2 is 1.84 bits per heavy atom. The van der Waals surface area contributed by atoms with E-state index in [-0.39, 0.29) is 12.6 Å². The molecule has 25 heavy (non-hydrogen) atoms. The molecule has 2 aromatic rings. The lowest BCUT2D eigenvalue weighted by Gasteiger charge is -2.14. The molecule has 0 aliphatic rings. The molecule has 0 radical (unpaired) electrons. The lowest BCUT2D eigenvalue weighted by molar-refractivity contribution is -0.676. The lowest BCUT2D eigenvalue weighted by Crippen LogP contribution is -2.87. The Kier molecular flexibility index (Phi) is 6.54. The number of carbonyl (C=O) groups is 2. The predicted molar refractivity (Wildman–Crippen MR) is 87.0 cm³/mol. The molecule has 0 bridgehead atoms. The first-order chi connectivity index (χ1) is 11.8. The molecule has 134 valence electrons. The second-order valence-corrected chi connectivity index (χ2v) is 6.17. The highest BCUT2D eigenvalue weighted by molar-refractivity contribution is 7.10. The number of benzene rings is 1. The molecule has 0 aliphatic heterocycles. The number of nitrogens with two attached hydrogens (primary N) is 1. The third-order valence-corrected chi connectivity index (χ3v) is 4.21. The van der Waals surface area contributed by atoms with E-state index in [1.165, 1.54) is 11.3 Å². The van der Waals surface area contributed by atoms with E-state index in [1.54, 1.807) is 10.6 Å². The third-order valence-electron chi connectivity index (χ3n) is 3.25. The van der Waals surface area contributed by atoms with Crippen LogP contribution in [0.4, 0.5) is 18.0 Å². The first kappa shape index (κ1) is 18.9. The van der Waals surface area contributed by atoms with E-state index in [9.17, 15) is 22.8 Å². The van der Waals surface area contributed by atoms with Crippen LogP contribution in [-0.2, 0) is 4.79 Å². The number of quaternary nitrogens is 1. The molecular weight excluding hydrogens is 355 g/mol. The summed E-state index contributed by atoms with van der Waals surface area (Å²) in [5.41, 5.74) is 0.985. The van der Waals surface area contributed by atoms with E-state index in [0.29, 0.717) is 0 Å². The molecule has 0 saturated heterocycles. The number of hydrogen-bond donors (Lipinski definition) is 3. The van der Waals surface area contributed by atoms with Crippen LogP contribution in [0.1, 0.15) is 16.5 Å². The number of imide groups is 1. The summed E-state index contributed by atoms with van der Waals surface area (Å²) in [6.07, 6.45) is -4.52. The summed E-state index contributed by atoms with van der Waals surface area (Å²) >= 11 is 1.54. The van der Waals surface area contributed by atoms with Gasteiger partial charge in [0.05, 0.1) is 4.88 Å². The number of alkyl halides is 3. The predicted octanol–water partition coefficient (Wildman–Crippen LogP) is 1.79. The van der Waals surface area contributed by atoms with Crippen LogP contribution in [0.5, 0.6) is 0 Å². The van der Waals surface area contributed by atoms with Gasteiger partial charge in [-0.25, -0.2) is 4.79 Å². The molecule has 0 aliphatic carbocycles. The molecule has 0 unspecified atom stereocenters. The van der Waals surface area contributed by atoms with Crippen LogP contribution in [0.2, 0.25) is 0 Å². The van der Waals surface area contributed by atoms with E-state index < -0.39 is 24.7 Å². The zero-order valence-electron chi connectivity index (χ0n) is 13.0. The van der Waals surface area contributed by atoms with Crippen molar-refractivity contribution in [3.63, 3.8) is 0 Å². The van der Waals surface area contributed by atoms with E-state index >= 15 is 0 Å². The second kappa shape index (κ2) is 8.63. The van der Waals surface area contributed by atoms with Gasteiger partial charge in [0, 0.05) is 5.56 Å². The normalized spacial score (nSPS) is 12.4. The van der Waals surface area contributed by atoms with Crippen molar-refractivity contribution >= 4 is 23.3 Å². The van der Waals surface area contributed by atoms with Crippen molar-refractivity contribution in [2.75, 3.05) is 13.1 Å². The summed E-state index contributed by atoms with van der Waals surface area (Å²) in [5, 5.41) is 7.13. The Hall–Kier alpha value is -2.39. The lowest BCUT2D eigenvalue weighted by atomic mass is 10.1. The molecule has 1 atom stereocenters. The fourth-order valence-corrected chi connectivity index (χ4v) is 3.02. The zero-order valence-corrected chi connectivity index (χ0v) is 13.9. The molecule has 1 heterocycles. The maximum Gasteiger partial charge on any atom is 0.405 e. The van der Waals surface area contributed by atoms with E-state index in [1.807, 2.05) is 53.2 Å². The highest BCUT2D eigenvalue weighted by Crippen LogP contribution is 2.22. The van der Waals surface area contributed by atoms with Gasteiger partial charge in [0.15, 0.2) is 6.54 Å². The SMILES string of the molecule is O=C(C[NH2+][C@H](c1ccccc1)c1cccs1)NC(=O)NCC(F)(F)F. The van der Waals surface area contributed by atoms with Crippen molar-refractivity contribution in [1.82, 2.24) is 10.6 Å². The number of nitrogens with one attached hydrogen (secondary N) is 2. The quantitative estimate of drug-likeness (QED) is 0.723. The van der Waals surface area contributed by atoms with Crippen LogP contribution in [-0.4, -0.2) is 31.2 Å². The molecule has 5 nitrogen and oxygen atoms in total. The monoisotopic (exact) mass is 372 g/mol. The molecule has 9 heteroatoms. The van der Waals surface area contributed by atoms with E-state index in [2.05, 4.69) is 0 Å². The molecular formula is C16H17F3N3O2S+. The highest BCUT2D eigenvalue weighted by atomic mass is 32.1. The minimum Gasteiger partial charge on any atom is -0.329 e. The maximum atomic E-state index is 12.0. The van der Waals surface area contributed by atoms with Gasteiger partial charge >= 0.3 is 12.2 Å². The van der Waals surface area contributed by atoms with Crippen LogP contribution in [0.3, 0.4) is 0 Å². The largest absolute Gasteiger partial charge is 0.405 e. The second-order valence-electron chi connectivity index (χ2n) is 5.19. The fraction of sp³-hybridized carbons (Fsp3) is 0.250. The van der Waals surface area contributed by atoms with Crippen LogP contribution in [0.25, 0.3) is 0 Å². The Bertz CT molecular complexity index is 690. The average Bonchev–Trinajstić information content (AvgIpc) is 3.08. The molecule has 0 spiro atoms. The van der Waals surface area contributed by atoms with Crippen molar-refractivity contribution in [2.45, 2.75) is 12.2 Å². The summed E-state index contributed by atoms with van der Waals surface area (Å²) in [6, 6.07) is 12.0. The van der Waals surface area contributed by atoms with E-state index in [4.69, 9.17) is 0 Å². The minimum absolute atomic E-state index is 0.100. The van der Waals surface area contributed by atoms with Gasteiger partial charge in [-0.3, -0.25) is 10.1 Å². The Morgan fingerprint density at radius 1 is 1.12 bits per heavy atom. The van der Waals surface area contributed by atoms with Gasteiger partial charge < -0.3 is 10.6 Å². The minimum atomic E-state index is -4.52. The Balaban J connectivity index is 1.90. The summed E-state index contributed by atoms with van der Waals surface area (Å²) in [6.45, 7) is -1.59. The Morgan fingerprint density at radius 3 is 2.44 bits per heavy atom. The molecule has 1 aromatic carbocycles. The van der Waals surface area contributed by atoms with Crippen molar-refractivity contribution in [3.05, 3.63) is 58.3 Å². The molecule has 4 N–H and O–H groups in total. The van der Waals surface area contributed by atoms with Gasteiger partial charge in [-0.2, -0.15) is 13.2 Å². The van der Waals surface area contributed by atoms with E-state index in [0.717, 1.165) is 10.4 Å². The smallest absolute Gasteiger partial charge is 0.329 e. The van der Waals surface area contributed by atoms with Crippen molar-refractivity contribution in [1.29, 1.82) is 0 Å². The number of urea groups is 1. The van der Waals surface area contributed by atoms with Gasteiger partial charge in [-0.15, -0.1) is 11.3 Å². The Labute approximate surface area is 146 Å². The first-order valence-corrected chi connectivity index (χ1v) is 8.29. The number of thiophene rings is 1. The van der Waals surface area contributed by atoms with Crippen molar-refractivity contribution in [3.8, 4) is 0 Å². The van der Waals surface area contributed by atoms with Crippen molar-refractivity contribution < 1.29 is 28.1 Å². The average molecular weight is 372 g/mol. The van der Waals surface area contributed by atoms with Crippen LogP contribution in [0.15, 0.2) is 47.8 Å². The number of hydrogen-bond acceptors (Lipinski definition) is 3. The highest BCUT2D eigenvalue weighted by Gasteiger charge is 2.28. The number of halogens is 3. The van der Waals surface area contributed by atoms with Crippen LogP contribution in [0, 0.1) is 0 Å². The summed E-state index contributed by atoms with van der Waals surface area (Å²) in [7, 11) is 0. The maximum absolute atomic E-state index is 12.0. The third kappa shape index (κ3) is 6.55. The molecule has 1 aromatic heterocycles. The zero-order chi connectivity index (χ0) is 18.3. The first-order valence-electron chi connectivity index (χ1n) is 7.41. The van der Waals surface area contributed by atoms with Crippen LogP contribution >= 0.6 is 11.3 Å². The summed E-state index contributed by atoms with van der Waals surface area (Å²) < 4.78 is 36.1. The summed E-state index contributed by atoms with van der Waals surface area (Å²) in [5.74, 6) is -0.669. The van der Waals surface area contributed by atoms with Gasteiger partial charge in [-0.05, 0) is 11.4 Å². The standard InChI is InChI=1S/C16H16F3N3O2S/c17-16(18,19)10-21-15(24)22-13(23)9-20-14(12-7-4-8-25-12)11-5-2-1-3-6-11/h1-8,14,20H,9-10H2,(H2,21,22,23,24)/p+1/t14-/m1/s1. The molecule has 0 fully saturated rings. The number of amides is 3. The van der Waals surface area contributed by atoms with Gasteiger partial charge in [0.2, 0.25) is 0 Å². The van der Waals surface area contributed by atoms with Gasteiger partial charge in [0.25, 0.3) is 5.91 Å². The summed E-state index contributed by atoms with van der Waals surface area (Å²) in [4.78, 5) is 24.1. The molecule has 3 amide bonds. The van der Waals surface area contributed by atoms with Gasteiger partial charge in [-0.1, -0.05) is 36.4 Å². The van der Waals surface area contributed by atoms with Gasteiger partial charge in [0.1, 0.15) is 12.6 Å². The number of rotatable bonds is 6. The topological polar surface area (TPSA) is 74.8 Å². The van der Waals surface area contributed by atoms with Crippen LogP contribution < -0.4 is 16.0 Å². The molecule has 0 saturated carbocycles.